The smallest absolute Gasteiger partial charge is 0.00385 e. The van der Waals surface area contributed by atoms with E-state index in [1.54, 1.807) is 0 Å². The van der Waals surface area contributed by atoms with Gasteiger partial charge in [0.15, 0.2) is 0 Å². The van der Waals surface area contributed by atoms with Crippen LogP contribution >= 0.6 is 0 Å². The fraction of sp³-hybridized carbons (Fsp3) is 1.00. The van der Waals surface area contributed by atoms with Crippen molar-refractivity contribution in [2.24, 2.45) is 0 Å². The minimum absolute atomic E-state index is 0.617. The van der Waals surface area contributed by atoms with Gasteiger partial charge in [0, 0.05) is 12.1 Å². The number of hydrogen-bond donors (Lipinski definition) is 1. The zero-order valence-corrected chi connectivity index (χ0v) is 14.9. The molecular formula is C17H39N3. The molecule has 0 amide bonds. The van der Waals surface area contributed by atoms with Crippen LogP contribution in [0, 0.1) is 0 Å². The minimum atomic E-state index is 0.617. The summed E-state index contributed by atoms with van der Waals surface area (Å²) < 4.78 is 0. The highest BCUT2D eigenvalue weighted by molar-refractivity contribution is 4.64. The summed E-state index contributed by atoms with van der Waals surface area (Å²) in [6.07, 6.45) is 5.25. The standard InChI is InChI=1S/C17H39N3/c1-7-19(6)13-10-11-15-20(17(4)5)14-9-8-12-18-16(2)3/h16-18H,7-15H2,1-6H3. The molecule has 20 heavy (non-hydrogen) atoms. The van der Waals surface area contributed by atoms with Crippen molar-refractivity contribution in [3.63, 3.8) is 0 Å². The largest absolute Gasteiger partial charge is 0.315 e. The second-order valence-electron chi connectivity index (χ2n) is 6.55. The van der Waals surface area contributed by atoms with Crippen molar-refractivity contribution in [2.45, 2.75) is 72.4 Å². The maximum absolute atomic E-state index is 3.50. The van der Waals surface area contributed by atoms with Gasteiger partial charge in [0.25, 0.3) is 0 Å². The Balaban J connectivity index is 3.66. The first-order chi connectivity index (χ1) is 9.47. The summed E-state index contributed by atoms with van der Waals surface area (Å²) in [6.45, 7) is 17.4. The van der Waals surface area contributed by atoms with E-state index >= 15 is 0 Å². The van der Waals surface area contributed by atoms with Crippen LogP contribution in [0.25, 0.3) is 0 Å². The van der Waals surface area contributed by atoms with E-state index in [0.717, 1.165) is 13.1 Å². The first-order valence-electron chi connectivity index (χ1n) is 8.63. The predicted octanol–water partition coefficient (Wildman–Crippen LogP) is 3.21. The van der Waals surface area contributed by atoms with E-state index in [0.29, 0.717) is 12.1 Å². The Kier molecular flexibility index (Phi) is 12.5. The lowest BCUT2D eigenvalue weighted by Gasteiger charge is -2.27. The first kappa shape index (κ1) is 19.9. The van der Waals surface area contributed by atoms with Crippen molar-refractivity contribution in [3.05, 3.63) is 0 Å². The first-order valence-corrected chi connectivity index (χ1v) is 8.63. The number of hydrogen-bond acceptors (Lipinski definition) is 3. The van der Waals surface area contributed by atoms with Gasteiger partial charge < -0.3 is 15.1 Å². The Morgan fingerprint density at radius 1 is 0.850 bits per heavy atom. The van der Waals surface area contributed by atoms with Gasteiger partial charge >= 0.3 is 0 Å². The third-order valence-electron chi connectivity index (χ3n) is 3.93. The summed E-state index contributed by atoms with van der Waals surface area (Å²) in [5.41, 5.74) is 0. The summed E-state index contributed by atoms with van der Waals surface area (Å²) >= 11 is 0. The second-order valence-corrected chi connectivity index (χ2v) is 6.55. The second kappa shape index (κ2) is 12.6. The molecule has 0 aromatic heterocycles. The van der Waals surface area contributed by atoms with Crippen LogP contribution in [-0.4, -0.2) is 61.7 Å². The van der Waals surface area contributed by atoms with Gasteiger partial charge in [-0.1, -0.05) is 20.8 Å². The van der Waals surface area contributed by atoms with Crippen LogP contribution in [0.4, 0.5) is 0 Å². The van der Waals surface area contributed by atoms with Crippen LogP contribution in [0.3, 0.4) is 0 Å². The van der Waals surface area contributed by atoms with Crippen LogP contribution in [0.1, 0.15) is 60.3 Å². The molecule has 0 aliphatic carbocycles. The Morgan fingerprint density at radius 2 is 1.40 bits per heavy atom. The van der Waals surface area contributed by atoms with Crippen molar-refractivity contribution in [1.29, 1.82) is 0 Å². The molecule has 0 aliphatic rings. The van der Waals surface area contributed by atoms with E-state index in [4.69, 9.17) is 0 Å². The lowest BCUT2D eigenvalue weighted by Crippen LogP contribution is -2.34. The molecule has 1 N–H and O–H groups in total. The van der Waals surface area contributed by atoms with Gasteiger partial charge in [0.2, 0.25) is 0 Å². The van der Waals surface area contributed by atoms with Crippen LogP contribution in [0.2, 0.25) is 0 Å². The molecule has 3 nitrogen and oxygen atoms in total. The molecule has 0 bridgehead atoms. The zero-order valence-electron chi connectivity index (χ0n) is 14.9. The monoisotopic (exact) mass is 285 g/mol. The van der Waals surface area contributed by atoms with Crippen molar-refractivity contribution in [3.8, 4) is 0 Å². The van der Waals surface area contributed by atoms with Gasteiger partial charge in [0.1, 0.15) is 0 Å². The molecule has 0 heterocycles. The lowest BCUT2D eigenvalue weighted by molar-refractivity contribution is 0.208. The Labute approximate surface area is 128 Å². The molecule has 0 unspecified atom stereocenters. The summed E-state index contributed by atoms with van der Waals surface area (Å²) in [7, 11) is 2.21. The summed E-state index contributed by atoms with van der Waals surface area (Å²) in [4.78, 5) is 5.04. The number of nitrogens with one attached hydrogen (secondary N) is 1. The molecule has 0 radical (unpaired) electrons. The third kappa shape index (κ3) is 11.7. The predicted molar refractivity (Wildman–Crippen MR) is 91.5 cm³/mol. The quantitative estimate of drug-likeness (QED) is 0.524. The fourth-order valence-corrected chi connectivity index (χ4v) is 2.31. The Bertz CT molecular complexity index is 204. The zero-order chi connectivity index (χ0) is 15.4. The van der Waals surface area contributed by atoms with Crippen molar-refractivity contribution >= 4 is 0 Å². The van der Waals surface area contributed by atoms with Gasteiger partial charge in [-0.3, -0.25) is 0 Å². The van der Waals surface area contributed by atoms with Crippen molar-refractivity contribution < 1.29 is 0 Å². The molecular weight excluding hydrogens is 246 g/mol. The van der Waals surface area contributed by atoms with E-state index < -0.39 is 0 Å². The molecule has 0 saturated heterocycles. The van der Waals surface area contributed by atoms with Crippen molar-refractivity contribution in [1.82, 2.24) is 15.1 Å². The highest BCUT2D eigenvalue weighted by Gasteiger charge is 2.08. The van der Waals surface area contributed by atoms with Crippen LogP contribution < -0.4 is 5.32 Å². The minimum Gasteiger partial charge on any atom is -0.315 e. The van der Waals surface area contributed by atoms with Crippen molar-refractivity contribution in [2.75, 3.05) is 39.8 Å². The van der Waals surface area contributed by atoms with E-state index in [2.05, 4.69) is 56.8 Å². The molecule has 0 rings (SSSR count). The highest BCUT2D eigenvalue weighted by atomic mass is 15.1. The van der Waals surface area contributed by atoms with Gasteiger partial charge in [0.05, 0.1) is 0 Å². The molecule has 0 aromatic rings. The maximum Gasteiger partial charge on any atom is 0.00385 e. The summed E-state index contributed by atoms with van der Waals surface area (Å²) in [5, 5.41) is 3.50. The number of rotatable bonds is 13. The summed E-state index contributed by atoms with van der Waals surface area (Å²) in [6, 6.07) is 1.30. The van der Waals surface area contributed by atoms with Gasteiger partial charge in [-0.25, -0.2) is 0 Å². The molecule has 0 spiro atoms. The van der Waals surface area contributed by atoms with Gasteiger partial charge in [-0.2, -0.15) is 0 Å². The third-order valence-corrected chi connectivity index (χ3v) is 3.93. The Morgan fingerprint density at radius 3 is 1.90 bits per heavy atom. The van der Waals surface area contributed by atoms with E-state index in [9.17, 15) is 0 Å². The molecule has 0 fully saturated rings. The van der Waals surface area contributed by atoms with E-state index in [1.165, 1.54) is 45.3 Å². The molecule has 0 aromatic carbocycles. The van der Waals surface area contributed by atoms with Crippen LogP contribution in [0.15, 0.2) is 0 Å². The van der Waals surface area contributed by atoms with Crippen LogP contribution in [0.5, 0.6) is 0 Å². The highest BCUT2D eigenvalue weighted by Crippen LogP contribution is 2.05. The molecule has 0 saturated carbocycles. The topological polar surface area (TPSA) is 18.5 Å². The molecule has 122 valence electrons. The Hall–Kier alpha value is -0.120. The molecule has 0 aliphatic heterocycles. The molecule has 3 heteroatoms. The number of unbranched alkanes of at least 4 members (excludes halogenated alkanes) is 2. The lowest BCUT2D eigenvalue weighted by atomic mass is 10.2. The fourth-order valence-electron chi connectivity index (χ4n) is 2.31. The van der Waals surface area contributed by atoms with E-state index in [-0.39, 0.29) is 0 Å². The number of nitrogens with zero attached hydrogens (tertiary/aromatic N) is 2. The molecule has 0 atom stereocenters. The van der Waals surface area contributed by atoms with Gasteiger partial charge in [-0.15, -0.1) is 0 Å². The maximum atomic E-state index is 3.50. The average molecular weight is 286 g/mol. The average Bonchev–Trinajstić information content (AvgIpc) is 2.39. The summed E-state index contributed by atoms with van der Waals surface area (Å²) in [5.74, 6) is 0. The SMILES string of the molecule is CCN(C)CCCCN(CCCCNC(C)C)C(C)C. The van der Waals surface area contributed by atoms with Crippen LogP contribution in [-0.2, 0) is 0 Å². The normalized spacial score (nSPS) is 12.3. The van der Waals surface area contributed by atoms with Gasteiger partial charge in [-0.05, 0) is 79.3 Å². The van der Waals surface area contributed by atoms with E-state index in [1.807, 2.05) is 0 Å².